The Bertz CT molecular complexity index is 1140. The van der Waals surface area contributed by atoms with Gasteiger partial charge in [0.15, 0.2) is 0 Å². The fraction of sp³-hybridized carbons (Fsp3) is 0.615. The van der Waals surface area contributed by atoms with Gasteiger partial charge in [-0.25, -0.2) is 13.4 Å². The zero-order valence-electron chi connectivity index (χ0n) is 20.2. The lowest BCUT2D eigenvalue weighted by Crippen LogP contribution is -2.47. The van der Waals surface area contributed by atoms with Crippen molar-refractivity contribution in [2.24, 2.45) is 11.8 Å². The van der Waals surface area contributed by atoms with Gasteiger partial charge in [-0.3, -0.25) is 4.79 Å². The maximum atomic E-state index is 13.1. The maximum Gasteiger partial charge on any atom is 0.243 e. The Morgan fingerprint density at radius 3 is 2.44 bits per heavy atom. The second-order valence-corrected chi connectivity index (χ2v) is 12.2. The first-order valence-corrected chi connectivity index (χ1v) is 14.3. The predicted octanol–water partition coefficient (Wildman–Crippen LogP) is 3.88. The molecule has 0 saturated carbocycles. The molecule has 7 nitrogen and oxygen atoms in total. The number of fused-ring (bicyclic) bond motifs is 1. The van der Waals surface area contributed by atoms with Crippen LogP contribution in [-0.2, 0) is 14.8 Å². The minimum atomic E-state index is -3.46. The van der Waals surface area contributed by atoms with Crippen molar-refractivity contribution in [1.82, 2.24) is 14.2 Å². The Hall–Kier alpha value is -2.19. The van der Waals surface area contributed by atoms with E-state index >= 15 is 0 Å². The normalized spacial score (nSPS) is 23.4. The Morgan fingerprint density at radius 2 is 1.68 bits per heavy atom. The van der Waals surface area contributed by atoms with Crippen LogP contribution in [0.15, 0.2) is 35.2 Å². The molecule has 0 bridgehead atoms. The highest BCUT2D eigenvalue weighted by Gasteiger charge is 2.31. The van der Waals surface area contributed by atoms with Crippen molar-refractivity contribution < 1.29 is 13.2 Å². The number of carbonyl (C=O) groups is 1. The van der Waals surface area contributed by atoms with E-state index in [1.54, 1.807) is 16.4 Å². The molecule has 1 aromatic heterocycles. The van der Waals surface area contributed by atoms with Gasteiger partial charge < -0.3 is 9.80 Å². The van der Waals surface area contributed by atoms with E-state index in [1.807, 2.05) is 18.2 Å². The number of benzene rings is 1. The van der Waals surface area contributed by atoms with Gasteiger partial charge in [0.05, 0.1) is 16.3 Å². The zero-order valence-corrected chi connectivity index (χ0v) is 21.0. The smallest absolute Gasteiger partial charge is 0.243 e. The molecule has 184 valence electrons. The summed E-state index contributed by atoms with van der Waals surface area (Å²) in [5.74, 6) is 1.90. The maximum absolute atomic E-state index is 13.1. The molecule has 2 aromatic rings. The van der Waals surface area contributed by atoms with Gasteiger partial charge >= 0.3 is 0 Å². The fourth-order valence-corrected chi connectivity index (χ4v) is 7.11. The molecule has 0 N–H and O–H groups in total. The monoisotopic (exact) mass is 484 g/mol. The number of anilines is 1. The van der Waals surface area contributed by atoms with Gasteiger partial charge in [-0.15, -0.1) is 0 Å². The molecule has 34 heavy (non-hydrogen) atoms. The first-order valence-electron chi connectivity index (χ1n) is 12.9. The van der Waals surface area contributed by atoms with Crippen molar-refractivity contribution in [3.63, 3.8) is 0 Å². The predicted molar refractivity (Wildman–Crippen MR) is 134 cm³/mol. The number of hydrogen-bond donors (Lipinski definition) is 0. The van der Waals surface area contributed by atoms with Crippen LogP contribution in [0.25, 0.3) is 10.9 Å². The van der Waals surface area contributed by atoms with Crippen molar-refractivity contribution in [1.29, 1.82) is 0 Å². The summed E-state index contributed by atoms with van der Waals surface area (Å²) in [6.07, 6.45) is 7.06. The third-order valence-electron chi connectivity index (χ3n) is 7.79. The van der Waals surface area contributed by atoms with Crippen molar-refractivity contribution >= 4 is 32.7 Å². The van der Waals surface area contributed by atoms with Gasteiger partial charge in [-0.05, 0) is 74.8 Å². The quantitative estimate of drug-likeness (QED) is 0.658. The number of likely N-dealkylation sites (tertiary alicyclic amines) is 1. The van der Waals surface area contributed by atoms with Gasteiger partial charge in [-0.1, -0.05) is 13.3 Å². The molecule has 3 saturated heterocycles. The third-order valence-corrected chi connectivity index (χ3v) is 9.68. The molecule has 0 aliphatic carbocycles. The lowest BCUT2D eigenvalue weighted by atomic mass is 9.93. The van der Waals surface area contributed by atoms with Crippen LogP contribution >= 0.6 is 0 Å². The molecule has 3 fully saturated rings. The van der Waals surface area contributed by atoms with Crippen LogP contribution in [0.3, 0.4) is 0 Å². The van der Waals surface area contributed by atoms with Crippen molar-refractivity contribution in [3.8, 4) is 0 Å². The Morgan fingerprint density at radius 1 is 0.912 bits per heavy atom. The lowest BCUT2D eigenvalue weighted by molar-refractivity contribution is -0.137. The fourth-order valence-electron chi connectivity index (χ4n) is 5.56. The average molecular weight is 485 g/mol. The summed E-state index contributed by atoms with van der Waals surface area (Å²) in [6.45, 7) is 6.82. The Kier molecular flexibility index (Phi) is 6.80. The summed E-state index contributed by atoms with van der Waals surface area (Å²) in [5.41, 5.74) is 0.786. The molecule has 3 aliphatic heterocycles. The summed E-state index contributed by atoms with van der Waals surface area (Å²) >= 11 is 0. The van der Waals surface area contributed by atoms with E-state index in [-0.39, 0.29) is 5.92 Å². The molecule has 4 heterocycles. The molecular weight excluding hydrogens is 448 g/mol. The van der Waals surface area contributed by atoms with Crippen LogP contribution in [0, 0.1) is 11.8 Å². The summed E-state index contributed by atoms with van der Waals surface area (Å²) < 4.78 is 27.7. The first-order chi connectivity index (χ1) is 16.4. The average Bonchev–Trinajstić information content (AvgIpc) is 2.88. The number of carbonyl (C=O) groups excluding carboxylic acids is 1. The van der Waals surface area contributed by atoms with Crippen LogP contribution in [-0.4, -0.2) is 67.8 Å². The highest BCUT2D eigenvalue weighted by Crippen LogP contribution is 2.28. The molecule has 0 spiro atoms. The second kappa shape index (κ2) is 9.82. The van der Waals surface area contributed by atoms with Gasteiger partial charge in [0.25, 0.3) is 0 Å². The molecule has 1 atom stereocenters. The Balaban J connectivity index is 1.31. The first kappa shape index (κ1) is 23.5. The molecule has 5 rings (SSSR count). The van der Waals surface area contributed by atoms with Crippen LogP contribution in [0.1, 0.15) is 51.9 Å². The van der Waals surface area contributed by atoms with Crippen molar-refractivity contribution in [3.05, 3.63) is 30.3 Å². The number of hydrogen-bond acceptors (Lipinski definition) is 5. The second-order valence-electron chi connectivity index (χ2n) is 10.3. The van der Waals surface area contributed by atoms with Crippen LogP contribution in [0.2, 0.25) is 0 Å². The highest BCUT2D eigenvalue weighted by atomic mass is 32.2. The van der Waals surface area contributed by atoms with E-state index in [2.05, 4.69) is 16.7 Å². The summed E-state index contributed by atoms with van der Waals surface area (Å²) in [4.78, 5) is 22.6. The minimum absolute atomic E-state index is 0.0247. The topological polar surface area (TPSA) is 73.8 Å². The molecule has 0 unspecified atom stereocenters. The SMILES string of the molecule is CC1CCN(C(=O)[C@H]2CCCN(c3ccc4cc(S(=O)(=O)N5CCCCC5)ccc4n3)C2)CC1. The number of piperidine rings is 3. The summed E-state index contributed by atoms with van der Waals surface area (Å²) in [5, 5.41) is 0.828. The molecule has 8 heteroatoms. The molecular formula is C26H36N4O3S. The molecule has 1 amide bonds. The van der Waals surface area contributed by atoms with Gasteiger partial charge in [0, 0.05) is 44.7 Å². The van der Waals surface area contributed by atoms with Gasteiger partial charge in [0.1, 0.15) is 5.82 Å². The van der Waals surface area contributed by atoms with Gasteiger partial charge in [-0.2, -0.15) is 4.31 Å². The van der Waals surface area contributed by atoms with E-state index in [0.29, 0.717) is 36.4 Å². The zero-order chi connectivity index (χ0) is 23.7. The lowest BCUT2D eigenvalue weighted by Gasteiger charge is -2.37. The Labute approximate surface area is 203 Å². The number of nitrogens with zero attached hydrogens (tertiary/aromatic N) is 4. The van der Waals surface area contributed by atoms with Crippen molar-refractivity contribution in [2.75, 3.05) is 44.2 Å². The summed E-state index contributed by atoms with van der Waals surface area (Å²) in [7, 11) is -3.46. The van der Waals surface area contributed by atoms with E-state index in [9.17, 15) is 13.2 Å². The van der Waals surface area contributed by atoms with Crippen LogP contribution in [0.4, 0.5) is 5.82 Å². The minimum Gasteiger partial charge on any atom is -0.356 e. The van der Waals surface area contributed by atoms with E-state index in [0.717, 1.165) is 81.3 Å². The third kappa shape index (κ3) is 4.80. The molecule has 3 aliphatic rings. The number of amides is 1. The largest absolute Gasteiger partial charge is 0.356 e. The van der Waals surface area contributed by atoms with E-state index in [1.165, 1.54) is 0 Å². The van der Waals surface area contributed by atoms with Crippen molar-refractivity contribution in [2.45, 2.75) is 56.8 Å². The highest BCUT2D eigenvalue weighted by molar-refractivity contribution is 7.89. The summed E-state index contributed by atoms with van der Waals surface area (Å²) in [6, 6.07) is 9.18. The number of rotatable bonds is 4. The van der Waals surface area contributed by atoms with E-state index < -0.39 is 10.0 Å². The molecule has 0 radical (unpaired) electrons. The van der Waals surface area contributed by atoms with Crippen LogP contribution in [0.5, 0.6) is 0 Å². The van der Waals surface area contributed by atoms with Crippen LogP contribution < -0.4 is 4.90 Å². The number of pyridine rings is 1. The number of sulfonamides is 1. The van der Waals surface area contributed by atoms with Gasteiger partial charge in [0.2, 0.25) is 15.9 Å². The van der Waals surface area contributed by atoms with E-state index in [4.69, 9.17) is 4.98 Å². The standard InChI is InChI=1S/C26H36N4O3S/c1-20-11-16-28(17-12-20)26(31)22-6-5-13-29(19-22)25-10-7-21-18-23(8-9-24(21)27-25)34(32,33)30-14-3-2-4-15-30/h7-10,18,20,22H,2-6,11-17,19H2,1H3/t22-/m0/s1. The number of aromatic nitrogens is 1. The molecule has 1 aromatic carbocycles.